The van der Waals surface area contributed by atoms with E-state index in [1.807, 2.05) is 20.8 Å². The van der Waals surface area contributed by atoms with Crippen LogP contribution < -0.4 is 5.56 Å². The molecule has 0 bridgehead atoms. The summed E-state index contributed by atoms with van der Waals surface area (Å²) in [5.41, 5.74) is 3.13. The summed E-state index contributed by atoms with van der Waals surface area (Å²) in [5, 5.41) is 19.6. The summed E-state index contributed by atoms with van der Waals surface area (Å²) in [6.45, 7) is 7.70. The van der Waals surface area contributed by atoms with Crippen molar-refractivity contribution in [3.8, 4) is 11.5 Å². The molecule has 6 heteroatoms. The molecule has 2 heterocycles. The molecule has 128 valence electrons. The van der Waals surface area contributed by atoms with E-state index in [0.29, 0.717) is 18.7 Å². The van der Waals surface area contributed by atoms with E-state index in [0.717, 1.165) is 35.6 Å². The first-order chi connectivity index (χ1) is 11.3. The minimum atomic E-state index is -0.0694. The van der Waals surface area contributed by atoms with Crippen LogP contribution in [-0.4, -0.2) is 31.6 Å². The SMILES string of the molecule is Cc1cc(O)cc(O)c1CN1CCc2nc(C(C)C)[nH]c(=O)c2C1. The molecule has 3 N–H and O–H groups in total. The number of hydrogen-bond acceptors (Lipinski definition) is 5. The second-order valence-corrected chi connectivity index (χ2v) is 6.75. The molecule has 0 radical (unpaired) electrons. The van der Waals surface area contributed by atoms with Crippen molar-refractivity contribution >= 4 is 0 Å². The van der Waals surface area contributed by atoms with Crippen LogP contribution in [0.1, 0.15) is 48.0 Å². The average Bonchev–Trinajstić information content (AvgIpc) is 2.51. The predicted octanol–water partition coefficient (Wildman–Crippen LogP) is 2.17. The predicted molar refractivity (Wildman–Crippen MR) is 91.3 cm³/mol. The summed E-state index contributed by atoms with van der Waals surface area (Å²) in [5.74, 6) is 1.07. The number of aryl methyl sites for hydroxylation is 1. The van der Waals surface area contributed by atoms with E-state index in [2.05, 4.69) is 14.9 Å². The molecule has 6 nitrogen and oxygen atoms in total. The number of aromatic nitrogens is 2. The van der Waals surface area contributed by atoms with E-state index >= 15 is 0 Å². The number of H-pyrrole nitrogens is 1. The number of rotatable bonds is 3. The van der Waals surface area contributed by atoms with E-state index in [-0.39, 0.29) is 23.0 Å². The van der Waals surface area contributed by atoms with Crippen molar-refractivity contribution in [2.45, 2.75) is 46.2 Å². The largest absolute Gasteiger partial charge is 0.508 e. The van der Waals surface area contributed by atoms with Crippen LogP contribution in [-0.2, 0) is 19.5 Å². The van der Waals surface area contributed by atoms with Crippen molar-refractivity contribution < 1.29 is 10.2 Å². The Hall–Kier alpha value is -2.34. The zero-order chi connectivity index (χ0) is 17.4. The van der Waals surface area contributed by atoms with Crippen LogP contribution in [0.25, 0.3) is 0 Å². The fourth-order valence-electron chi connectivity index (χ4n) is 3.12. The number of fused-ring (bicyclic) bond motifs is 1. The Kier molecular flexibility index (Phi) is 4.32. The molecule has 0 atom stereocenters. The van der Waals surface area contributed by atoms with Gasteiger partial charge in [0.2, 0.25) is 0 Å². The topological polar surface area (TPSA) is 89.4 Å². The molecule has 0 saturated heterocycles. The van der Waals surface area contributed by atoms with Crippen molar-refractivity contribution in [2.24, 2.45) is 0 Å². The Balaban J connectivity index is 1.85. The van der Waals surface area contributed by atoms with Gasteiger partial charge in [-0.25, -0.2) is 4.98 Å². The Morgan fingerprint density at radius 2 is 2.08 bits per heavy atom. The lowest BCUT2D eigenvalue weighted by Crippen LogP contribution is -2.36. The number of hydrogen-bond donors (Lipinski definition) is 3. The molecule has 1 aliphatic rings. The first kappa shape index (κ1) is 16.5. The lowest BCUT2D eigenvalue weighted by Gasteiger charge is -2.28. The summed E-state index contributed by atoms with van der Waals surface area (Å²) in [6, 6.07) is 2.99. The van der Waals surface area contributed by atoms with Gasteiger partial charge in [0.15, 0.2) is 0 Å². The number of benzene rings is 1. The minimum Gasteiger partial charge on any atom is -0.508 e. The number of phenols is 2. The second-order valence-electron chi connectivity index (χ2n) is 6.75. The van der Waals surface area contributed by atoms with Crippen LogP contribution in [0.15, 0.2) is 16.9 Å². The van der Waals surface area contributed by atoms with Crippen molar-refractivity contribution in [3.63, 3.8) is 0 Å². The van der Waals surface area contributed by atoms with Gasteiger partial charge in [0.1, 0.15) is 17.3 Å². The van der Waals surface area contributed by atoms with Crippen molar-refractivity contribution in [2.75, 3.05) is 6.54 Å². The van der Waals surface area contributed by atoms with Crippen LogP contribution in [0.4, 0.5) is 0 Å². The number of nitrogens with zero attached hydrogens (tertiary/aromatic N) is 2. The molecular weight excluding hydrogens is 306 g/mol. The molecule has 0 saturated carbocycles. The Bertz CT molecular complexity index is 804. The maximum Gasteiger partial charge on any atom is 0.255 e. The molecule has 0 spiro atoms. The molecule has 24 heavy (non-hydrogen) atoms. The third-order valence-electron chi connectivity index (χ3n) is 4.53. The first-order valence-electron chi connectivity index (χ1n) is 8.21. The van der Waals surface area contributed by atoms with Crippen molar-refractivity contribution in [3.05, 3.63) is 50.7 Å². The maximum absolute atomic E-state index is 12.4. The van der Waals surface area contributed by atoms with Gasteiger partial charge in [-0.1, -0.05) is 13.8 Å². The fraction of sp³-hybridized carbons (Fsp3) is 0.444. The van der Waals surface area contributed by atoms with Crippen LogP contribution in [0, 0.1) is 6.92 Å². The third kappa shape index (κ3) is 3.14. The standard InChI is InChI=1S/C18H23N3O3/c1-10(2)17-19-15-4-5-21(9-14(15)18(24)20-17)8-13-11(3)6-12(22)7-16(13)23/h6-7,10,22-23H,4-5,8-9H2,1-3H3,(H,19,20,24). The van der Waals surface area contributed by atoms with Gasteiger partial charge in [-0.05, 0) is 18.6 Å². The summed E-state index contributed by atoms with van der Waals surface area (Å²) >= 11 is 0. The van der Waals surface area contributed by atoms with E-state index in [1.54, 1.807) is 6.07 Å². The third-order valence-corrected chi connectivity index (χ3v) is 4.53. The molecule has 3 rings (SSSR count). The number of nitrogens with one attached hydrogen (secondary N) is 1. The van der Waals surface area contributed by atoms with Crippen LogP contribution in [0.3, 0.4) is 0 Å². The number of aromatic hydroxyl groups is 2. The van der Waals surface area contributed by atoms with Crippen LogP contribution in [0.5, 0.6) is 11.5 Å². The lowest BCUT2D eigenvalue weighted by molar-refractivity contribution is 0.237. The monoisotopic (exact) mass is 329 g/mol. The van der Waals surface area contributed by atoms with Gasteiger partial charge in [-0.15, -0.1) is 0 Å². The second kappa shape index (κ2) is 6.28. The van der Waals surface area contributed by atoms with E-state index in [4.69, 9.17) is 0 Å². The zero-order valence-electron chi connectivity index (χ0n) is 14.3. The smallest absolute Gasteiger partial charge is 0.255 e. The molecule has 0 aliphatic carbocycles. The van der Waals surface area contributed by atoms with Gasteiger partial charge in [0.05, 0.1) is 11.3 Å². The van der Waals surface area contributed by atoms with Gasteiger partial charge in [0, 0.05) is 43.6 Å². The summed E-state index contributed by atoms with van der Waals surface area (Å²) < 4.78 is 0. The Morgan fingerprint density at radius 3 is 2.75 bits per heavy atom. The van der Waals surface area contributed by atoms with E-state index in [9.17, 15) is 15.0 Å². The van der Waals surface area contributed by atoms with E-state index < -0.39 is 0 Å². The zero-order valence-corrected chi connectivity index (χ0v) is 14.3. The highest BCUT2D eigenvalue weighted by Gasteiger charge is 2.23. The molecule has 0 fully saturated rings. The highest BCUT2D eigenvalue weighted by atomic mass is 16.3. The summed E-state index contributed by atoms with van der Waals surface area (Å²) in [4.78, 5) is 22.0. The van der Waals surface area contributed by atoms with Gasteiger partial charge in [-0.3, -0.25) is 9.69 Å². The molecule has 1 aromatic carbocycles. The number of phenolic OH excluding ortho intramolecular Hbond substituents is 2. The molecule has 2 aromatic rings. The fourth-order valence-corrected chi connectivity index (χ4v) is 3.12. The van der Waals surface area contributed by atoms with Gasteiger partial charge < -0.3 is 15.2 Å². The van der Waals surface area contributed by atoms with Gasteiger partial charge in [0.25, 0.3) is 5.56 Å². The highest BCUT2D eigenvalue weighted by molar-refractivity contribution is 5.44. The Labute approximate surface area is 140 Å². The quantitative estimate of drug-likeness (QED) is 0.803. The van der Waals surface area contributed by atoms with Crippen molar-refractivity contribution in [1.29, 1.82) is 0 Å². The average molecular weight is 329 g/mol. The van der Waals surface area contributed by atoms with Crippen LogP contribution in [0.2, 0.25) is 0 Å². The maximum atomic E-state index is 12.4. The highest BCUT2D eigenvalue weighted by Crippen LogP contribution is 2.29. The van der Waals surface area contributed by atoms with E-state index in [1.165, 1.54) is 6.07 Å². The van der Waals surface area contributed by atoms with Crippen molar-refractivity contribution in [1.82, 2.24) is 14.9 Å². The Morgan fingerprint density at radius 1 is 1.33 bits per heavy atom. The molecule has 1 aliphatic heterocycles. The van der Waals surface area contributed by atoms with Gasteiger partial charge in [-0.2, -0.15) is 0 Å². The molecule has 0 unspecified atom stereocenters. The molecular formula is C18H23N3O3. The van der Waals surface area contributed by atoms with Gasteiger partial charge >= 0.3 is 0 Å². The minimum absolute atomic E-state index is 0.0552. The lowest BCUT2D eigenvalue weighted by atomic mass is 10.0. The number of aromatic amines is 1. The molecule has 1 aromatic heterocycles. The molecule has 0 amide bonds. The summed E-state index contributed by atoms with van der Waals surface area (Å²) in [7, 11) is 0. The van der Waals surface area contributed by atoms with Crippen LogP contribution >= 0.6 is 0 Å². The normalized spacial score (nSPS) is 14.8. The first-order valence-corrected chi connectivity index (χ1v) is 8.21. The summed E-state index contributed by atoms with van der Waals surface area (Å²) in [6.07, 6.45) is 0.719.